The van der Waals surface area contributed by atoms with E-state index in [9.17, 15) is 13.5 Å². The summed E-state index contributed by atoms with van der Waals surface area (Å²) in [5.41, 5.74) is 4.99. The number of nitrogens with one attached hydrogen (secondary N) is 1. The van der Waals surface area contributed by atoms with E-state index in [4.69, 9.17) is 4.74 Å². The largest absolute Gasteiger partial charge is 0.388 e. The SMILES string of the molecule is Cc1ccc(CC(O)c2ccc(N(NCOCc3ccccc3)S(C)(=O)=O)cc2)s1. The molecule has 0 aliphatic rings. The smallest absolute Gasteiger partial charge is 0.245 e. The summed E-state index contributed by atoms with van der Waals surface area (Å²) in [7, 11) is -3.56. The minimum absolute atomic E-state index is 0.0318. The monoisotopic (exact) mass is 446 g/mol. The van der Waals surface area contributed by atoms with Gasteiger partial charge < -0.3 is 9.84 Å². The Bertz CT molecular complexity index is 1030. The van der Waals surface area contributed by atoms with Crippen molar-refractivity contribution in [3.8, 4) is 0 Å². The van der Waals surface area contributed by atoms with Crippen molar-refractivity contribution in [2.24, 2.45) is 0 Å². The van der Waals surface area contributed by atoms with Gasteiger partial charge in [0.2, 0.25) is 10.0 Å². The third-order valence-electron chi connectivity index (χ3n) is 4.46. The van der Waals surface area contributed by atoms with E-state index in [-0.39, 0.29) is 6.73 Å². The average Bonchev–Trinajstić information content (AvgIpc) is 3.12. The highest BCUT2D eigenvalue weighted by molar-refractivity contribution is 7.92. The average molecular weight is 447 g/mol. The molecule has 6 nitrogen and oxygen atoms in total. The van der Waals surface area contributed by atoms with Crippen molar-refractivity contribution >= 4 is 27.0 Å². The fourth-order valence-corrected chi connectivity index (χ4v) is 4.70. The summed E-state index contributed by atoms with van der Waals surface area (Å²) in [6, 6.07) is 20.5. The second kappa shape index (κ2) is 10.2. The molecule has 1 heterocycles. The van der Waals surface area contributed by atoms with Crippen molar-refractivity contribution < 1.29 is 18.3 Å². The van der Waals surface area contributed by atoms with Gasteiger partial charge in [0.15, 0.2) is 0 Å². The number of aliphatic hydroxyl groups is 1. The summed E-state index contributed by atoms with van der Waals surface area (Å²) in [4.78, 5) is 2.32. The number of aliphatic hydroxyl groups excluding tert-OH is 1. The van der Waals surface area contributed by atoms with Gasteiger partial charge in [-0.25, -0.2) is 12.8 Å². The highest BCUT2D eigenvalue weighted by Crippen LogP contribution is 2.25. The molecule has 0 fully saturated rings. The number of benzene rings is 2. The lowest BCUT2D eigenvalue weighted by molar-refractivity contribution is 0.105. The van der Waals surface area contributed by atoms with Crippen LogP contribution in [0.5, 0.6) is 0 Å². The van der Waals surface area contributed by atoms with Gasteiger partial charge in [0.25, 0.3) is 0 Å². The van der Waals surface area contributed by atoms with E-state index >= 15 is 0 Å². The first kappa shape index (κ1) is 22.5. The van der Waals surface area contributed by atoms with Crippen LogP contribution in [0.15, 0.2) is 66.7 Å². The summed E-state index contributed by atoms with van der Waals surface area (Å²) in [5.74, 6) is 0. The lowest BCUT2D eigenvalue weighted by Gasteiger charge is -2.23. The van der Waals surface area contributed by atoms with E-state index in [1.165, 1.54) is 4.88 Å². The molecule has 3 rings (SSSR count). The van der Waals surface area contributed by atoms with Crippen molar-refractivity contribution in [2.75, 3.05) is 17.4 Å². The van der Waals surface area contributed by atoms with Crippen LogP contribution < -0.4 is 9.84 Å². The quantitative estimate of drug-likeness (QED) is 0.282. The summed E-state index contributed by atoms with van der Waals surface area (Å²) < 4.78 is 31.1. The maximum Gasteiger partial charge on any atom is 0.245 e. The minimum atomic E-state index is -3.56. The van der Waals surface area contributed by atoms with Crippen LogP contribution in [0.4, 0.5) is 5.69 Å². The lowest BCUT2D eigenvalue weighted by atomic mass is 10.1. The van der Waals surface area contributed by atoms with E-state index < -0.39 is 16.1 Å². The molecule has 0 radical (unpaired) electrons. The zero-order valence-corrected chi connectivity index (χ0v) is 18.6. The molecule has 0 spiro atoms. The van der Waals surface area contributed by atoms with Gasteiger partial charge in [-0.1, -0.05) is 42.5 Å². The van der Waals surface area contributed by atoms with Crippen molar-refractivity contribution in [2.45, 2.75) is 26.1 Å². The van der Waals surface area contributed by atoms with E-state index in [0.29, 0.717) is 18.7 Å². The molecule has 1 aromatic heterocycles. The predicted molar refractivity (Wildman–Crippen MR) is 121 cm³/mol. The number of hydrazine groups is 1. The van der Waals surface area contributed by atoms with Crippen LogP contribution in [0.25, 0.3) is 0 Å². The second-order valence-corrected chi connectivity index (χ2v) is 10.2. The number of sulfonamides is 1. The molecule has 0 aliphatic carbocycles. The topological polar surface area (TPSA) is 78.9 Å². The van der Waals surface area contributed by atoms with Gasteiger partial charge in [-0.3, -0.25) is 0 Å². The van der Waals surface area contributed by atoms with Crippen LogP contribution in [0.2, 0.25) is 0 Å². The molecule has 1 atom stereocenters. The third-order valence-corrected chi connectivity index (χ3v) is 6.48. The Hall–Kier alpha value is -2.23. The molecule has 3 aromatic rings. The standard InChI is InChI=1S/C22H26N2O4S2/c1-17-8-13-21(29-17)14-22(25)19-9-11-20(12-10-19)24(30(2,26)27)23-16-28-15-18-6-4-3-5-7-18/h3-13,22-23,25H,14-16H2,1-2H3. The van der Waals surface area contributed by atoms with Crippen LogP contribution >= 0.6 is 11.3 Å². The van der Waals surface area contributed by atoms with Crippen LogP contribution in [0, 0.1) is 6.92 Å². The van der Waals surface area contributed by atoms with Gasteiger partial charge in [0.1, 0.15) is 6.73 Å². The van der Waals surface area contributed by atoms with Gasteiger partial charge in [-0.05, 0) is 42.3 Å². The molecular formula is C22H26N2O4S2. The van der Waals surface area contributed by atoms with Gasteiger partial charge in [0, 0.05) is 16.2 Å². The van der Waals surface area contributed by atoms with Gasteiger partial charge in [-0.2, -0.15) is 5.43 Å². The fourth-order valence-electron chi connectivity index (χ4n) is 2.98. The molecule has 0 aliphatic heterocycles. The van der Waals surface area contributed by atoms with Gasteiger partial charge >= 0.3 is 0 Å². The molecule has 30 heavy (non-hydrogen) atoms. The summed E-state index contributed by atoms with van der Waals surface area (Å²) >= 11 is 1.66. The van der Waals surface area contributed by atoms with Crippen LogP contribution in [0.3, 0.4) is 0 Å². The first-order chi connectivity index (χ1) is 14.3. The molecule has 2 N–H and O–H groups in total. The zero-order chi connectivity index (χ0) is 21.6. The fraction of sp³-hybridized carbons (Fsp3) is 0.273. The summed E-state index contributed by atoms with van der Waals surface area (Å²) in [6.45, 7) is 2.44. The Balaban J connectivity index is 1.61. The number of ether oxygens (including phenoxy) is 1. The first-order valence-electron chi connectivity index (χ1n) is 9.52. The van der Waals surface area contributed by atoms with Gasteiger partial charge in [-0.15, -0.1) is 11.3 Å². The molecule has 1 unspecified atom stereocenters. The number of rotatable bonds is 10. The highest BCUT2D eigenvalue weighted by Gasteiger charge is 2.18. The molecule has 0 saturated carbocycles. The van der Waals surface area contributed by atoms with Gasteiger partial charge in [0.05, 0.1) is 24.7 Å². The second-order valence-electron chi connectivity index (χ2n) is 6.99. The molecule has 0 amide bonds. The highest BCUT2D eigenvalue weighted by atomic mass is 32.2. The number of thiophene rings is 1. The Morgan fingerprint density at radius 1 is 1.07 bits per heavy atom. The maximum absolute atomic E-state index is 12.2. The Labute approximate surface area is 181 Å². The normalized spacial score (nSPS) is 12.6. The Kier molecular flexibility index (Phi) is 7.63. The molecule has 0 bridgehead atoms. The van der Waals surface area contributed by atoms with Crippen LogP contribution in [-0.2, 0) is 27.8 Å². The summed E-state index contributed by atoms with van der Waals surface area (Å²) in [5, 5.41) is 10.5. The van der Waals surface area contributed by atoms with Crippen LogP contribution in [-0.4, -0.2) is 26.5 Å². The van der Waals surface area contributed by atoms with Crippen molar-refractivity contribution in [1.82, 2.24) is 5.43 Å². The molecule has 0 saturated heterocycles. The summed E-state index contributed by atoms with van der Waals surface area (Å²) in [6.07, 6.45) is 1.00. The zero-order valence-electron chi connectivity index (χ0n) is 17.0. The number of hydrogen-bond donors (Lipinski definition) is 2. The number of hydrogen-bond acceptors (Lipinski definition) is 6. The lowest BCUT2D eigenvalue weighted by Crippen LogP contribution is -2.43. The molecular weight excluding hydrogens is 420 g/mol. The maximum atomic E-state index is 12.2. The predicted octanol–water partition coefficient (Wildman–Crippen LogP) is 3.78. The number of anilines is 1. The Morgan fingerprint density at radius 2 is 1.77 bits per heavy atom. The third kappa shape index (κ3) is 6.38. The van der Waals surface area contributed by atoms with E-state index in [2.05, 4.69) is 5.43 Å². The Morgan fingerprint density at radius 3 is 2.37 bits per heavy atom. The van der Waals surface area contributed by atoms with E-state index in [1.54, 1.807) is 35.6 Å². The van der Waals surface area contributed by atoms with E-state index in [1.807, 2.05) is 49.4 Å². The molecule has 160 valence electrons. The van der Waals surface area contributed by atoms with Crippen molar-refractivity contribution in [1.29, 1.82) is 0 Å². The van der Waals surface area contributed by atoms with Crippen molar-refractivity contribution in [3.63, 3.8) is 0 Å². The molecule has 8 heteroatoms. The number of aryl methyl sites for hydroxylation is 1. The first-order valence-corrected chi connectivity index (χ1v) is 12.2. The molecule has 2 aromatic carbocycles. The van der Waals surface area contributed by atoms with Crippen molar-refractivity contribution in [3.05, 3.63) is 87.6 Å². The van der Waals surface area contributed by atoms with E-state index in [0.717, 1.165) is 26.7 Å². The number of nitrogens with zero attached hydrogens (tertiary/aromatic N) is 1. The van der Waals surface area contributed by atoms with Crippen LogP contribution in [0.1, 0.15) is 27.0 Å². The minimum Gasteiger partial charge on any atom is -0.388 e.